The van der Waals surface area contributed by atoms with Crippen LogP contribution >= 0.6 is 23.7 Å². The molecule has 7 heteroatoms. The number of hydrogen-bond acceptors (Lipinski definition) is 5. The highest BCUT2D eigenvalue weighted by molar-refractivity contribution is 7.13. The average molecular weight is 302 g/mol. The topological polar surface area (TPSA) is 58.4 Å². The smallest absolute Gasteiger partial charge is 0.275 e. The highest BCUT2D eigenvalue weighted by Gasteiger charge is 2.17. The third kappa shape index (κ3) is 3.79. The predicted molar refractivity (Wildman–Crippen MR) is 78.0 cm³/mol. The molecule has 0 aliphatic rings. The number of halogens is 1. The van der Waals surface area contributed by atoms with Crippen LogP contribution in [0.3, 0.4) is 0 Å². The van der Waals surface area contributed by atoms with Crippen LogP contribution in [-0.4, -0.2) is 43.1 Å². The quantitative estimate of drug-likeness (QED) is 0.919. The molecule has 0 fully saturated rings. The van der Waals surface area contributed by atoms with E-state index in [1.807, 2.05) is 24.6 Å². The van der Waals surface area contributed by atoms with Gasteiger partial charge in [-0.25, -0.2) is 0 Å². The van der Waals surface area contributed by atoms with Crippen molar-refractivity contribution in [2.45, 2.75) is 0 Å². The summed E-state index contributed by atoms with van der Waals surface area (Å²) in [4.78, 5) is 14.6. The molecule has 0 aliphatic carbocycles. The molecule has 0 atom stereocenters. The first-order chi connectivity index (χ1) is 8.72. The van der Waals surface area contributed by atoms with Crippen molar-refractivity contribution in [2.24, 2.45) is 0 Å². The zero-order valence-electron chi connectivity index (χ0n) is 10.8. The summed E-state index contributed by atoms with van der Waals surface area (Å²) >= 11 is 1.55. The monoisotopic (exact) mass is 301 g/mol. The molecule has 1 N–H and O–H groups in total. The summed E-state index contributed by atoms with van der Waals surface area (Å²) in [5.74, 6) is 0.507. The van der Waals surface area contributed by atoms with Gasteiger partial charge in [-0.05, 0) is 18.5 Å². The third-order valence-corrected chi connectivity index (χ3v) is 3.42. The summed E-state index contributed by atoms with van der Waals surface area (Å²) in [6.07, 6.45) is 0. The van der Waals surface area contributed by atoms with Gasteiger partial charge in [0.15, 0.2) is 11.5 Å². The fourth-order valence-corrected chi connectivity index (χ4v) is 2.16. The SMILES string of the molecule is CNCCN(C)C(=O)c1cc(-c2cccs2)on1.Cl. The lowest BCUT2D eigenvalue weighted by Crippen LogP contribution is -2.32. The van der Waals surface area contributed by atoms with Gasteiger partial charge >= 0.3 is 0 Å². The van der Waals surface area contributed by atoms with Crippen LogP contribution in [0.4, 0.5) is 0 Å². The highest BCUT2D eigenvalue weighted by atomic mass is 35.5. The van der Waals surface area contributed by atoms with Gasteiger partial charge in [-0.3, -0.25) is 4.79 Å². The van der Waals surface area contributed by atoms with E-state index in [9.17, 15) is 4.79 Å². The normalized spacial score (nSPS) is 10.0. The minimum absolute atomic E-state index is 0. The maximum Gasteiger partial charge on any atom is 0.275 e. The number of nitrogens with one attached hydrogen (secondary N) is 1. The Morgan fingerprint density at radius 3 is 3.00 bits per heavy atom. The van der Waals surface area contributed by atoms with Crippen LogP contribution in [0.15, 0.2) is 28.1 Å². The van der Waals surface area contributed by atoms with Crippen molar-refractivity contribution < 1.29 is 9.32 Å². The molecular weight excluding hydrogens is 286 g/mol. The second kappa shape index (κ2) is 7.28. The largest absolute Gasteiger partial charge is 0.355 e. The Balaban J connectivity index is 0.00000180. The lowest BCUT2D eigenvalue weighted by Gasteiger charge is -2.14. The minimum Gasteiger partial charge on any atom is -0.355 e. The Bertz CT molecular complexity index is 513. The van der Waals surface area contributed by atoms with Crippen LogP contribution in [-0.2, 0) is 0 Å². The van der Waals surface area contributed by atoms with Crippen molar-refractivity contribution in [3.63, 3.8) is 0 Å². The molecule has 2 heterocycles. The molecule has 19 heavy (non-hydrogen) atoms. The fraction of sp³-hybridized carbons (Fsp3) is 0.333. The van der Waals surface area contributed by atoms with Crippen molar-refractivity contribution >= 4 is 29.7 Å². The molecule has 0 aromatic carbocycles. The number of nitrogens with zero attached hydrogens (tertiary/aromatic N) is 2. The molecule has 2 rings (SSSR count). The number of rotatable bonds is 5. The second-order valence-electron chi connectivity index (χ2n) is 3.88. The Hall–Kier alpha value is -1.37. The molecule has 0 spiro atoms. The summed E-state index contributed by atoms with van der Waals surface area (Å²) in [6, 6.07) is 5.55. The van der Waals surface area contributed by atoms with Gasteiger partial charge in [0, 0.05) is 26.2 Å². The standard InChI is InChI=1S/C12H15N3O2S.ClH/c1-13-5-6-15(2)12(16)9-8-10(17-14-9)11-4-3-7-18-11;/h3-4,7-8,13H,5-6H2,1-2H3;1H. The van der Waals surface area contributed by atoms with E-state index in [1.54, 1.807) is 29.4 Å². The number of amides is 1. The summed E-state index contributed by atoms with van der Waals surface area (Å²) in [6.45, 7) is 1.38. The third-order valence-electron chi connectivity index (χ3n) is 2.54. The van der Waals surface area contributed by atoms with Crippen molar-refractivity contribution in [3.8, 4) is 10.6 Å². The fourth-order valence-electron chi connectivity index (χ4n) is 1.49. The first kappa shape index (κ1) is 15.7. The van der Waals surface area contributed by atoms with E-state index in [-0.39, 0.29) is 18.3 Å². The first-order valence-corrected chi connectivity index (χ1v) is 6.51. The number of carbonyl (C=O) groups is 1. The molecule has 0 bridgehead atoms. The van der Waals surface area contributed by atoms with Crippen LogP contribution in [0.1, 0.15) is 10.5 Å². The first-order valence-electron chi connectivity index (χ1n) is 5.63. The van der Waals surface area contributed by atoms with Crippen LogP contribution in [0.5, 0.6) is 0 Å². The molecule has 0 aliphatic heterocycles. The van der Waals surface area contributed by atoms with E-state index in [1.165, 1.54) is 0 Å². The lowest BCUT2D eigenvalue weighted by atomic mass is 10.3. The van der Waals surface area contributed by atoms with Gasteiger partial charge in [-0.15, -0.1) is 23.7 Å². The summed E-state index contributed by atoms with van der Waals surface area (Å²) in [7, 11) is 3.60. The zero-order valence-corrected chi connectivity index (χ0v) is 12.4. The average Bonchev–Trinajstić information content (AvgIpc) is 3.04. The van der Waals surface area contributed by atoms with E-state index in [0.717, 1.165) is 11.4 Å². The summed E-state index contributed by atoms with van der Waals surface area (Å²) in [5, 5.41) is 8.77. The maximum atomic E-state index is 12.0. The summed E-state index contributed by atoms with van der Waals surface area (Å²) in [5.41, 5.74) is 0.344. The number of hydrogen-bond donors (Lipinski definition) is 1. The van der Waals surface area contributed by atoms with Crippen molar-refractivity contribution in [2.75, 3.05) is 27.2 Å². The molecule has 2 aromatic heterocycles. The van der Waals surface area contributed by atoms with Gasteiger partial charge in [0.2, 0.25) is 0 Å². The Kier molecular flexibility index (Phi) is 6.01. The molecule has 0 unspecified atom stereocenters. The molecule has 5 nitrogen and oxygen atoms in total. The van der Waals surface area contributed by atoms with Gasteiger partial charge in [-0.1, -0.05) is 11.2 Å². The minimum atomic E-state index is -0.128. The van der Waals surface area contributed by atoms with E-state index in [4.69, 9.17) is 4.52 Å². The van der Waals surface area contributed by atoms with Crippen molar-refractivity contribution in [1.29, 1.82) is 0 Å². The lowest BCUT2D eigenvalue weighted by molar-refractivity contribution is 0.0786. The van der Waals surface area contributed by atoms with Gasteiger partial charge in [0.05, 0.1) is 4.88 Å². The van der Waals surface area contributed by atoms with Crippen LogP contribution in [0.2, 0.25) is 0 Å². The second-order valence-corrected chi connectivity index (χ2v) is 4.83. The molecule has 0 saturated heterocycles. The van der Waals surface area contributed by atoms with Crippen LogP contribution in [0.25, 0.3) is 10.6 Å². The number of aromatic nitrogens is 1. The molecule has 2 aromatic rings. The van der Waals surface area contributed by atoms with E-state index < -0.39 is 0 Å². The predicted octanol–water partition coefficient (Wildman–Crippen LogP) is 2.12. The van der Waals surface area contributed by atoms with E-state index in [0.29, 0.717) is 18.0 Å². The number of likely N-dealkylation sites (N-methyl/N-ethyl adjacent to an activating group) is 2. The number of carbonyl (C=O) groups excluding carboxylic acids is 1. The highest BCUT2D eigenvalue weighted by Crippen LogP contribution is 2.25. The van der Waals surface area contributed by atoms with Crippen LogP contribution in [0, 0.1) is 0 Å². The van der Waals surface area contributed by atoms with E-state index in [2.05, 4.69) is 10.5 Å². The van der Waals surface area contributed by atoms with Crippen LogP contribution < -0.4 is 5.32 Å². The molecule has 1 amide bonds. The van der Waals surface area contributed by atoms with Gasteiger partial charge < -0.3 is 14.7 Å². The number of thiophene rings is 1. The zero-order chi connectivity index (χ0) is 13.0. The Morgan fingerprint density at radius 1 is 1.58 bits per heavy atom. The van der Waals surface area contributed by atoms with Gasteiger partial charge in [-0.2, -0.15) is 0 Å². The van der Waals surface area contributed by atoms with Gasteiger partial charge in [0.1, 0.15) is 0 Å². The van der Waals surface area contributed by atoms with Crippen molar-refractivity contribution in [3.05, 3.63) is 29.3 Å². The Morgan fingerprint density at radius 2 is 2.37 bits per heavy atom. The van der Waals surface area contributed by atoms with Crippen molar-refractivity contribution in [1.82, 2.24) is 15.4 Å². The molecular formula is C12H16ClN3O2S. The molecule has 0 saturated carbocycles. The Labute approximate surface area is 122 Å². The van der Waals surface area contributed by atoms with E-state index >= 15 is 0 Å². The molecule has 0 radical (unpaired) electrons. The summed E-state index contributed by atoms with van der Waals surface area (Å²) < 4.78 is 5.18. The molecule has 104 valence electrons. The van der Waals surface area contributed by atoms with Gasteiger partial charge in [0.25, 0.3) is 5.91 Å². The maximum absolute atomic E-state index is 12.0.